The van der Waals surface area contributed by atoms with Crippen molar-refractivity contribution in [2.45, 2.75) is 89.3 Å². The Bertz CT molecular complexity index is 882. The first-order valence-electron chi connectivity index (χ1n) is 13.5. The number of piperidine rings is 1. The fourth-order valence-electron chi connectivity index (χ4n) is 7.14. The molecule has 2 aromatic carbocycles. The molecule has 1 heterocycles. The maximum absolute atomic E-state index is 7.34. The van der Waals surface area contributed by atoms with Crippen LogP contribution in [0.2, 0.25) is 5.04 Å². The lowest BCUT2D eigenvalue weighted by Crippen LogP contribution is -2.67. The molecule has 34 heavy (non-hydrogen) atoms. The van der Waals surface area contributed by atoms with Crippen LogP contribution in [0.15, 0.2) is 73.3 Å². The average Bonchev–Trinajstić information content (AvgIpc) is 3.22. The Morgan fingerprint density at radius 3 is 2.09 bits per heavy atom. The van der Waals surface area contributed by atoms with Crippen molar-refractivity contribution in [1.82, 2.24) is 5.32 Å². The van der Waals surface area contributed by atoms with E-state index in [9.17, 15) is 0 Å². The van der Waals surface area contributed by atoms with Crippen LogP contribution in [0.4, 0.5) is 0 Å². The van der Waals surface area contributed by atoms with Gasteiger partial charge in [0.1, 0.15) is 0 Å². The zero-order chi connectivity index (χ0) is 24.2. The van der Waals surface area contributed by atoms with E-state index in [2.05, 4.69) is 106 Å². The van der Waals surface area contributed by atoms with Gasteiger partial charge < -0.3 is 9.74 Å². The summed E-state index contributed by atoms with van der Waals surface area (Å²) in [6.07, 6.45) is 11.1. The molecular formula is C31H45NOSi. The Morgan fingerprint density at radius 2 is 1.56 bits per heavy atom. The lowest BCUT2D eigenvalue weighted by atomic mass is 9.73. The maximum atomic E-state index is 7.34. The molecule has 0 bridgehead atoms. The molecule has 0 radical (unpaired) electrons. The summed E-state index contributed by atoms with van der Waals surface area (Å²) < 4.78 is 7.34. The Labute approximate surface area is 209 Å². The van der Waals surface area contributed by atoms with Gasteiger partial charge in [-0.25, -0.2) is 0 Å². The van der Waals surface area contributed by atoms with E-state index in [0.29, 0.717) is 23.4 Å². The van der Waals surface area contributed by atoms with Gasteiger partial charge in [0.05, 0.1) is 0 Å². The fraction of sp³-hybridized carbons (Fsp3) is 0.548. The second kappa shape index (κ2) is 10.5. The first-order chi connectivity index (χ1) is 16.3. The van der Waals surface area contributed by atoms with E-state index in [1.165, 1.54) is 48.9 Å². The maximum Gasteiger partial charge on any atom is 0.261 e. The van der Waals surface area contributed by atoms with Crippen LogP contribution in [0.1, 0.15) is 72.6 Å². The molecule has 3 heteroatoms. The highest BCUT2D eigenvalue weighted by molar-refractivity contribution is 6.99. The first kappa shape index (κ1) is 25.4. The predicted octanol–water partition coefficient (Wildman–Crippen LogP) is 6.46. The summed E-state index contributed by atoms with van der Waals surface area (Å²) in [5.41, 5.74) is 0.292. The summed E-state index contributed by atoms with van der Waals surface area (Å²) in [5.74, 6) is 1.21. The number of hydrogen-bond acceptors (Lipinski definition) is 2. The number of benzene rings is 2. The van der Waals surface area contributed by atoms with Gasteiger partial charge in [0.15, 0.2) is 0 Å². The van der Waals surface area contributed by atoms with Crippen LogP contribution in [-0.4, -0.2) is 26.5 Å². The monoisotopic (exact) mass is 475 g/mol. The number of rotatable bonds is 8. The van der Waals surface area contributed by atoms with Crippen molar-refractivity contribution in [3.8, 4) is 0 Å². The Hall–Kier alpha value is -1.68. The topological polar surface area (TPSA) is 21.3 Å². The molecule has 1 aliphatic heterocycles. The summed E-state index contributed by atoms with van der Waals surface area (Å²) in [6, 6.07) is 22.7. The second-order valence-corrected chi connectivity index (χ2v) is 16.2. The molecule has 0 amide bonds. The van der Waals surface area contributed by atoms with Gasteiger partial charge in [-0.15, -0.1) is 6.58 Å². The molecule has 1 spiro atoms. The van der Waals surface area contributed by atoms with Gasteiger partial charge in [0, 0.05) is 18.2 Å². The van der Waals surface area contributed by atoms with Crippen LogP contribution in [0.25, 0.3) is 0 Å². The highest BCUT2D eigenvalue weighted by Crippen LogP contribution is 2.47. The highest BCUT2D eigenvalue weighted by Gasteiger charge is 2.52. The van der Waals surface area contributed by atoms with Crippen LogP contribution >= 0.6 is 0 Å². The summed E-state index contributed by atoms with van der Waals surface area (Å²) in [6.45, 7) is 14.4. The first-order valence-corrected chi connectivity index (χ1v) is 15.4. The smallest absolute Gasteiger partial charge is 0.261 e. The lowest BCUT2D eigenvalue weighted by Gasteiger charge is -2.47. The molecule has 0 unspecified atom stereocenters. The van der Waals surface area contributed by atoms with Crippen molar-refractivity contribution in [1.29, 1.82) is 0 Å². The molecular weight excluding hydrogens is 430 g/mol. The summed E-state index contributed by atoms with van der Waals surface area (Å²) >= 11 is 0. The third kappa shape index (κ3) is 4.85. The fourth-order valence-corrected chi connectivity index (χ4v) is 11.8. The molecule has 184 valence electrons. The van der Waals surface area contributed by atoms with Crippen molar-refractivity contribution in [3.63, 3.8) is 0 Å². The van der Waals surface area contributed by atoms with E-state index < -0.39 is 8.32 Å². The van der Waals surface area contributed by atoms with Gasteiger partial charge in [0.25, 0.3) is 8.32 Å². The van der Waals surface area contributed by atoms with Gasteiger partial charge in [0.2, 0.25) is 0 Å². The van der Waals surface area contributed by atoms with Crippen molar-refractivity contribution >= 4 is 18.7 Å². The standard InChI is InChI=1S/C31H45NOSi/c1-6-15-26-16-13-22-31(32-26)23-14-21-29(31)25(2)24-33-34(30(3,4)5,27-17-9-7-10-18-27)28-19-11-8-12-20-28/h6-12,17-20,25-26,29,32H,1,13-16,21-24H2,2-5H3/t25-,26-,29+,31+/m0/s1. The van der Waals surface area contributed by atoms with Gasteiger partial charge >= 0.3 is 0 Å². The van der Waals surface area contributed by atoms with Gasteiger partial charge in [-0.05, 0) is 59.4 Å². The molecule has 2 nitrogen and oxygen atoms in total. The molecule has 0 aromatic heterocycles. The average molecular weight is 476 g/mol. The molecule has 1 saturated heterocycles. The number of nitrogens with one attached hydrogen (secondary N) is 1. The van der Waals surface area contributed by atoms with Crippen LogP contribution in [0, 0.1) is 11.8 Å². The molecule has 2 fully saturated rings. The molecule has 2 aromatic rings. The molecule has 4 rings (SSSR count). The van der Waals surface area contributed by atoms with Crippen LogP contribution < -0.4 is 15.7 Å². The van der Waals surface area contributed by atoms with E-state index in [1.54, 1.807) is 0 Å². The van der Waals surface area contributed by atoms with E-state index >= 15 is 0 Å². The van der Waals surface area contributed by atoms with Crippen molar-refractivity contribution in [2.75, 3.05) is 6.61 Å². The summed E-state index contributed by atoms with van der Waals surface area (Å²) in [4.78, 5) is 0. The minimum absolute atomic E-state index is 0.0287. The van der Waals surface area contributed by atoms with E-state index in [4.69, 9.17) is 4.43 Å². The summed E-state index contributed by atoms with van der Waals surface area (Å²) in [5, 5.41) is 6.92. The van der Waals surface area contributed by atoms with Crippen LogP contribution in [0.3, 0.4) is 0 Å². The normalized spacial score (nSPS) is 26.5. The van der Waals surface area contributed by atoms with Crippen molar-refractivity contribution < 1.29 is 4.43 Å². The SMILES string of the molecule is C=CC[C@H]1CCC[C@]2(CCC[C@@H]2[C@@H](C)CO[Si](c2ccccc2)(c2ccccc2)C(C)(C)C)N1. The summed E-state index contributed by atoms with van der Waals surface area (Å²) in [7, 11) is -2.48. The predicted molar refractivity (Wildman–Crippen MR) is 148 cm³/mol. The van der Waals surface area contributed by atoms with E-state index in [1.807, 2.05) is 0 Å². The van der Waals surface area contributed by atoms with E-state index in [0.717, 1.165) is 13.0 Å². The quantitative estimate of drug-likeness (QED) is 0.350. The van der Waals surface area contributed by atoms with Crippen LogP contribution in [0.5, 0.6) is 0 Å². The number of hydrogen-bond donors (Lipinski definition) is 1. The van der Waals surface area contributed by atoms with E-state index in [-0.39, 0.29) is 5.04 Å². The Kier molecular flexibility index (Phi) is 7.86. The lowest BCUT2D eigenvalue weighted by molar-refractivity contribution is 0.0927. The Balaban J connectivity index is 1.62. The minimum atomic E-state index is -2.48. The zero-order valence-electron chi connectivity index (χ0n) is 21.9. The van der Waals surface area contributed by atoms with Crippen LogP contribution in [-0.2, 0) is 4.43 Å². The molecule has 1 saturated carbocycles. The third-order valence-corrected chi connectivity index (χ3v) is 13.6. The molecule has 1 N–H and O–H groups in total. The third-order valence-electron chi connectivity index (χ3n) is 8.63. The minimum Gasteiger partial charge on any atom is -0.407 e. The zero-order valence-corrected chi connectivity index (χ0v) is 22.9. The van der Waals surface area contributed by atoms with Gasteiger partial charge in [-0.2, -0.15) is 0 Å². The molecule has 2 aliphatic rings. The Morgan fingerprint density at radius 1 is 1.00 bits per heavy atom. The van der Waals surface area contributed by atoms with Gasteiger partial charge in [-0.3, -0.25) is 0 Å². The van der Waals surface area contributed by atoms with Gasteiger partial charge in [-0.1, -0.05) is 107 Å². The van der Waals surface area contributed by atoms with Crippen molar-refractivity contribution in [2.24, 2.45) is 11.8 Å². The highest BCUT2D eigenvalue weighted by atomic mass is 28.4. The molecule has 1 aliphatic carbocycles. The largest absolute Gasteiger partial charge is 0.407 e. The van der Waals surface area contributed by atoms with Crippen molar-refractivity contribution in [3.05, 3.63) is 73.3 Å². The molecule has 4 atom stereocenters. The second-order valence-electron chi connectivity index (χ2n) is 11.9.